The van der Waals surface area contributed by atoms with Crippen molar-refractivity contribution in [3.8, 4) is 0 Å². The van der Waals surface area contributed by atoms with Gasteiger partial charge in [0.15, 0.2) is 17.6 Å². The highest BCUT2D eigenvalue weighted by molar-refractivity contribution is 7.16. The van der Waals surface area contributed by atoms with Crippen molar-refractivity contribution < 1.29 is 86.3 Å². The molecule has 0 aliphatic carbocycles. The number of carbonyl (C=O) groups is 6. The maximum absolute atomic E-state index is 12.6. The summed E-state index contributed by atoms with van der Waals surface area (Å²) < 4.78 is 59.0. The van der Waals surface area contributed by atoms with E-state index < -0.39 is 54.3 Å². The summed E-state index contributed by atoms with van der Waals surface area (Å²) in [6.45, 7) is 20.6. The topological polar surface area (TPSA) is 423 Å². The highest BCUT2D eigenvalue weighted by Gasteiger charge is 2.44. The molecule has 5 aliphatic rings. The number of benzene rings is 4. The fourth-order valence-electron chi connectivity index (χ4n) is 13.7. The molecule has 2 unspecified atom stereocenters. The molecule has 0 radical (unpaired) electrons. The van der Waals surface area contributed by atoms with Crippen molar-refractivity contribution in [1.82, 2.24) is 29.1 Å². The second-order valence-corrected chi connectivity index (χ2v) is 30.3. The van der Waals surface area contributed by atoms with Crippen molar-refractivity contribution in [1.29, 1.82) is 0 Å². The molecule has 112 heavy (non-hydrogen) atoms. The summed E-state index contributed by atoms with van der Waals surface area (Å²) in [5, 5.41) is 19.6. The SMILES string of the molecule is CC[C@H](O)[C@@H]1C[C@@H](C)[C@H](n2c(=O)sc3c(=O)[nH]c(N)nc32)O1.CC[C@H](OC(=O)c1ccccc1)[C@@H]1C[C@@H](C)C(=O)O1.CC[C@H](OC(=O)c1ccccc1)[C@@H]1C[C@@H](C)C(O)O1.CC[C@H](OC(=O)c1ccccc1)[C@@H]1C[C@@H](C)C(OC(C)=O)O1.CC[C@H](OC(=O)c1ccccc1)[C@@H]1C[C@@H](C)[C@H](n2c(=O)sc3c(=O)[nH]c(N)nc32)O1. The number of hydrogen-bond donors (Lipinski definition) is 6. The van der Waals surface area contributed by atoms with Crippen molar-refractivity contribution in [2.45, 2.75) is 226 Å². The Balaban J connectivity index is 0.000000163. The predicted molar refractivity (Wildman–Crippen MR) is 416 cm³/mol. The Morgan fingerprint density at radius 2 is 0.821 bits per heavy atom. The minimum absolute atomic E-state index is 0.0176. The van der Waals surface area contributed by atoms with Crippen molar-refractivity contribution >= 4 is 91.1 Å². The standard InChI is InChI=1S/C20H22N4O5S.C17H22O5.C15H20O4.C15H18O4.C13H18N4O4S/c1-3-12(29-18(26)11-7-5-4-6-8-11)13-9-10(2)17(28-13)24-15-14(30-20(24)27)16(25)23-19(21)22-15;1-4-14(21-16(19)13-8-6-5-7-9-13)15-10-11(2)17(22-15)20-12(3)18;2*1-3-12(13-9-10(2)14(16)19-13)18-15(17)11-7-5-4-6-8-11;1-3-6(18)7-4-5(2)11(21-7)17-9-8(22-13(17)20)10(19)16-12(14)15-9/h4-8,10,12-13,17H,3,9H2,1-2H3,(H3,21,22,23,25);5-9,11,14-15,17H,4,10H2,1-3H3;4-8,10,12-14,16H,3,9H2,1-2H3;4-8,10,12-13H,3,9H2,1-2H3;5-7,11,18H,3-4H2,1-2H3,(H3,14,15,16,19)/t10-,12+,13+,17-;11-,14+,15+,17?;10-,12+,13+,14?;10-,12+,13+;5-,6+,7+,11-/m11111/s1. The molecule has 5 fully saturated rings. The number of hydrogen-bond acceptors (Lipinski definition) is 28. The van der Waals surface area contributed by atoms with E-state index in [-0.39, 0.29) is 151 Å². The number of esters is 6. The molecular weight excluding hydrogens is 1490 g/mol. The Hall–Kier alpha value is -9.80. The number of nitrogens with two attached hydrogens (primary N) is 2. The molecule has 30 nitrogen and oxygen atoms in total. The Morgan fingerprint density at radius 1 is 0.482 bits per heavy atom. The number of aromatic amines is 2. The summed E-state index contributed by atoms with van der Waals surface area (Å²) in [5.74, 6) is -2.17. The number of cyclic esters (lactones) is 1. The van der Waals surface area contributed by atoms with Crippen molar-refractivity contribution in [2.75, 3.05) is 11.5 Å². The number of H-pyrrole nitrogens is 2. The summed E-state index contributed by atoms with van der Waals surface area (Å²) in [6.07, 6.45) is 0.240. The molecule has 0 saturated carbocycles. The zero-order chi connectivity index (χ0) is 81.2. The molecule has 4 aromatic carbocycles. The Morgan fingerprint density at radius 3 is 1.16 bits per heavy atom. The first-order chi connectivity index (χ1) is 53.5. The van der Waals surface area contributed by atoms with Crippen LogP contribution in [-0.4, -0.2) is 149 Å². The molecule has 0 amide bonds. The lowest BCUT2D eigenvalue weighted by atomic mass is 10.0. The van der Waals surface area contributed by atoms with E-state index in [9.17, 15) is 58.2 Å². The average molecular weight is 1590 g/mol. The van der Waals surface area contributed by atoms with Crippen LogP contribution in [0, 0.1) is 29.6 Å². The Labute approximate surface area is 654 Å². The lowest BCUT2D eigenvalue weighted by Crippen LogP contribution is -2.31. The van der Waals surface area contributed by atoms with Gasteiger partial charge in [0, 0.05) is 37.0 Å². The fourth-order valence-corrected chi connectivity index (χ4v) is 15.4. The maximum atomic E-state index is 12.6. The lowest BCUT2D eigenvalue weighted by molar-refractivity contribution is -0.184. The number of nitrogens with zero attached hydrogens (tertiary/aromatic N) is 4. The third-order valence-corrected chi connectivity index (χ3v) is 21.7. The highest BCUT2D eigenvalue weighted by atomic mass is 32.1. The zero-order valence-corrected chi connectivity index (χ0v) is 66.0. The molecule has 4 aromatic heterocycles. The highest BCUT2D eigenvalue weighted by Crippen LogP contribution is 2.40. The fraction of sp³-hybridized carbons (Fsp3) is 0.500. The van der Waals surface area contributed by atoms with Crippen LogP contribution in [0.5, 0.6) is 0 Å². The summed E-state index contributed by atoms with van der Waals surface area (Å²) in [6, 6.07) is 35.4. The van der Waals surface area contributed by atoms with Crippen LogP contribution in [0.3, 0.4) is 0 Å². The molecule has 5 saturated heterocycles. The minimum Gasteiger partial charge on any atom is -0.458 e. The van der Waals surface area contributed by atoms with Gasteiger partial charge < -0.3 is 69.0 Å². The first kappa shape index (κ1) is 86.2. The third kappa shape index (κ3) is 21.9. The molecule has 0 spiro atoms. The monoisotopic (exact) mass is 1590 g/mol. The second kappa shape index (κ2) is 40.1. The molecule has 9 heterocycles. The molecule has 13 rings (SSSR count). The number of ether oxygens (including phenoxy) is 10. The molecule has 8 aromatic rings. The van der Waals surface area contributed by atoms with Crippen LogP contribution in [0.1, 0.15) is 194 Å². The minimum atomic E-state index is -0.755. The van der Waals surface area contributed by atoms with E-state index in [1.807, 2.05) is 93.5 Å². The number of carbonyl (C=O) groups excluding carboxylic acids is 6. The van der Waals surface area contributed by atoms with E-state index in [1.54, 1.807) is 97.1 Å². The van der Waals surface area contributed by atoms with Crippen LogP contribution in [0.15, 0.2) is 141 Å². The quantitative estimate of drug-likeness (QED) is 0.0287. The number of nitrogens with one attached hydrogen (secondary N) is 2. The number of thiazole rings is 2. The van der Waals surface area contributed by atoms with Crippen molar-refractivity contribution in [2.24, 2.45) is 29.6 Å². The maximum Gasteiger partial charge on any atom is 0.338 e. The van der Waals surface area contributed by atoms with Gasteiger partial charge >= 0.3 is 45.6 Å². The molecule has 8 N–H and O–H groups in total. The van der Waals surface area contributed by atoms with Gasteiger partial charge in [0.25, 0.3) is 11.1 Å². The van der Waals surface area contributed by atoms with E-state index in [0.717, 1.165) is 22.7 Å². The van der Waals surface area contributed by atoms with Gasteiger partial charge in [0.2, 0.25) is 18.2 Å². The Bertz CT molecular complexity index is 4700. The molecule has 604 valence electrons. The smallest absolute Gasteiger partial charge is 0.338 e. The van der Waals surface area contributed by atoms with Crippen LogP contribution < -0.4 is 32.3 Å². The second-order valence-electron chi connectivity index (χ2n) is 28.3. The van der Waals surface area contributed by atoms with E-state index in [2.05, 4.69) is 19.9 Å². The van der Waals surface area contributed by atoms with Gasteiger partial charge in [0.1, 0.15) is 52.4 Å². The molecule has 19 atom stereocenters. The van der Waals surface area contributed by atoms with Gasteiger partial charge in [-0.05, 0) is 106 Å². The molecule has 5 aliphatic heterocycles. The van der Waals surface area contributed by atoms with Gasteiger partial charge in [-0.2, -0.15) is 9.97 Å². The van der Waals surface area contributed by atoms with Gasteiger partial charge in [-0.3, -0.25) is 47.9 Å². The van der Waals surface area contributed by atoms with Gasteiger partial charge in [-0.25, -0.2) is 19.2 Å². The Kier molecular flexibility index (Phi) is 30.9. The summed E-state index contributed by atoms with van der Waals surface area (Å²) in [7, 11) is 0. The van der Waals surface area contributed by atoms with Gasteiger partial charge in [-0.1, -0.05) is 165 Å². The lowest BCUT2D eigenvalue weighted by Gasteiger charge is -2.23. The first-order valence-electron chi connectivity index (χ1n) is 37.8. The number of fused-ring (bicyclic) bond motifs is 2. The van der Waals surface area contributed by atoms with Crippen LogP contribution in [0.2, 0.25) is 0 Å². The van der Waals surface area contributed by atoms with E-state index in [4.69, 9.17) is 58.8 Å². The zero-order valence-electron chi connectivity index (χ0n) is 64.4. The number of aromatic nitrogens is 6. The predicted octanol–water partition coefficient (Wildman–Crippen LogP) is 10.6. The average Bonchev–Trinajstić information content (AvgIpc) is 1.62. The summed E-state index contributed by atoms with van der Waals surface area (Å²) in [4.78, 5) is 132. The number of anilines is 2. The molecular formula is C80H100N8O22S2. The van der Waals surface area contributed by atoms with Crippen LogP contribution in [0.4, 0.5) is 11.9 Å². The largest absolute Gasteiger partial charge is 0.458 e. The van der Waals surface area contributed by atoms with Crippen molar-refractivity contribution in [3.63, 3.8) is 0 Å². The van der Waals surface area contributed by atoms with Crippen molar-refractivity contribution in [3.05, 3.63) is 184 Å². The van der Waals surface area contributed by atoms with Crippen LogP contribution >= 0.6 is 22.7 Å². The molecule has 32 heteroatoms. The van der Waals surface area contributed by atoms with E-state index in [0.29, 0.717) is 86.5 Å². The number of aliphatic hydroxyl groups is 2. The summed E-state index contributed by atoms with van der Waals surface area (Å²) >= 11 is 1.63. The van der Waals surface area contributed by atoms with Crippen LogP contribution in [0.25, 0.3) is 20.7 Å². The normalized spacial score (nSPS) is 25.0. The summed E-state index contributed by atoms with van der Waals surface area (Å²) in [5.41, 5.74) is 12.8. The molecule has 0 bridgehead atoms. The first-order valence-corrected chi connectivity index (χ1v) is 39.4. The number of rotatable bonds is 21. The van der Waals surface area contributed by atoms with Crippen LogP contribution in [-0.2, 0) is 57.0 Å². The van der Waals surface area contributed by atoms with Gasteiger partial charge in [0.05, 0.1) is 58.7 Å². The van der Waals surface area contributed by atoms with E-state index >= 15 is 0 Å². The van der Waals surface area contributed by atoms with Gasteiger partial charge in [-0.15, -0.1) is 0 Å². The third-order valence-electron chi connectivity index (χ3n) is 19.8. The van der Waals surface area contributed by atoms with E-state index in [1.165, 1.54) is 16.1 Å². The number of aliphatic hydroxyl groups excluding tert-OH is 2. The number of nitrogen functional groups attached to an aromatic ring is 2.